The number of Topliss-reactive ketones (excluding diaryl/α,β-unsaturated/α-hetero) is 1. The number of carbonyl (C=O) groups is 2. The summed E-state index contributed by atoms with van der Waals surface area (Å²) in [6.45, 7) is 6.02. The molecular weight excluding hydrogens is 314 g/mol. The van der Waals surface area contributed by atoms with Crippen molar-refractivity contribution in [3.05, 3.63) is 59.7 Å². The van der Waals surface area contributed by atoms with E-state index in [4.69, 9.17) is 4.74 Å². The standard InChI is InChI=1S/C21H25NO3/c1-4-15(3)18-8-6-7-9-19(18)22-21(24)14-25-17-12-10-16(11-13-17)20(23)5-2/h6-13,15H,4-5,14H2,1-3H3,(H,22,24)/t15-/m0/s1. The van der Waals surface area contributed by atoms with E-state index in [1.165, 1.54) is 0 Å². The first-order valence-electron chi connectivity index (χ1n) is 8.70. The molecular formula is C21H25NO3. The number of nitrogens with one attached hydrogen (secondary N) is 1. The summed E-state index contributed by atoms with van der Waals surface area (Å²) < 4.78 is 5.51. The summed E-state index contributed by atoms with van der Waals surface area (Å²) in [6, 6.07) is 14.7. The Morgan fingerprint density at radius 2 is 1.72 bits per heavy atom. The summed E-state index contributed by atoms with van der Waals surface area (Å²) in [7, 11) is 0. The molecule has 1 N–H and O–H groups in total. The second kappa shape index (κ2) is 9.02. The lowest BCUT2D eigenvalue weighted by atomic mass is 9.97. The second-order valence-electron chi connectivity index (χ2n) is 6.03. The molecule has 25 heavy (non-hydrogen) atoms. The monoisotopic (exact) mass is 339 g/mol. The molecule has 0 aliphatic carbocycles. The SMILES string of the molecule is CCC(=O)c1ccc(OCC(=O)Nc2ccccc2[C@@H](C)CC)cc1. The largest absolute Gasteiger partial charge is 0.484 e. The molecule has 132 valence electrons. The van der Waals surface area contributed by atoms with Gasteiger partial charge in [-0.3, -0.25) is 9.59 Å². The minimum Gasteiger partial charge on any atom is -0.484 e. The molecule has 0 heterocycles. The summed E-state index contributed by atoms with van der Waals surface area (Å²) >= 11 is 0. The number of amides is 1. The lowest BCUT2D eigenvalue weighted by Crippen LogP contribution is -2.21. The second-order valence-corrected chi connectivity index (χ2v) is 6.03. The molecule has 0 saturated carbocycles. The van der Waals surface area contributed by atoms with Crippen LogP contribution in [0.25, 0.3) is 0 Å². The Hall–Kier alpha value is -2.62. The van der Waals surface area contributed by atoms with Gasteiger partial charge in [0.2, 0.25) is 0 Å². The van der Waals surface area contributed by atoms with Gasteiger partial charge in [0.1, 0.15) is 5.75 Å². The van der Waals surface area contributed by atoms with E-state index >= 15 is 0 Å². The molecule has 0 bridgehead atoms. The van der Waals surface area contributed by atoms with Crippen LogP contribution < -0.4 is 10.1 Å². The van der Waals surface area contributed by atoms with Crippen LogP contribution in [0.1, 0.15) is 55.5 Å². The first-order chi connectivity index (χ1) is 12.0. The number of ketones is 1. The maximum atomic E-state index is 12.2. The number of hydrogen-bond donors (Lipinski definition) is 1. The van der Waals surface area contributed by atoms with Gasteiger partial charge in [-0.15, -0.1) is 0 Å². The Morgan fingerprint density at radius 1 is 1.04 bits per heavy atom. The Morgan fingerprint density at radius 3 is 2.36 bits per heavy atom. The fourth-order valence-electron chi connectivity index (χ4n) is 2.54. The van der Waals surface area contributed by atoms with Crippen LogP contribution in [-0.2, 0) is 4.79 Å². The third-order valence-electron chi connectivity index (χ3n) is 4.25. The van der Waals surface area contributed by atoms with Gasteiger partial charge in [-0.25, -0.2) is 0 Å². The van der Waals surface area contributed by atoms with Crippen molar-refractivity contribution in [1.29, 1.82) is 0 Å². The normalized spacial score (nSPS) is 11.6. The predicted octanol–water partition coefficient (Wildman–Crippen LogP) is 4.81. The van der Waals surface area contributed by atoms with E-state index in [1.54, 1.807) is 24.3 Å². The van der Waals surface area contributed by atoms with Crippen LogP contribution in [0.15, 0.2) is 48.5 Å². The molecule has 4 heteroatoms. The predicted molar refractivity (Wildman–Crippen MR) is 100 cm³/mol. The average molecular weight is 339 g/mol. The topological polar surface area (TPSA) is 55.4 Å². The van der Waals surface area contributed by atoms with E-state index in [2.05, 4.69) is 19.2 Å². The van der Waals surface area contributed by atoms with Gasteiger partial charge < -0.3 is 10.1 Å². The highest BCUT2D eigenvalue weighted by Gasteiger charge is 2.11. The highest BCUT2D eigenvalue weighted by molar-refractivity contribution is 5.96. The molecule has 0 aromatic heterocycles. The summed E-state index contributed by atoms with van der Waals surface area (Å²) in [5, 5.41) is 2.92. The van der Waals surface area contributed by atoms with Crippen LogP contribution >= 0.6 is 0 Å². The lowest BCUT2D eigenvalue weighted by Gasteiger charge is -2.15. The lowest BCUT2D eigenvalue weighted by molar-refractivity contribution is -0.118. The zero-order chi connectivity index (χ0) is 18.2. The van der Waals surface area contributed by atoms with Gasteiger partial charge in [-0.2, -0.15) is 0 Å². The first-order valence-corrected chi connectivity index (χ1v) is 8.70. The fraction of sp³-hybridized carbons (Fsp3) is 0.333. The van der Waals surface area contributed by atoms with Crippen molar-refractivity contribution in [3.8, 4) is 5.75 Å². The third kappa shape index (κ3) is 5.18. The smallest absolute Gasteiger partial charge is 0.262 e. The summed E-state index contributed by atoms with van der Waals surface area (Å²) in [5.41, 5.74) is 2.61. The maximum absolute atomic E-state index is 12.2. The summed E-state index contributed by atoms with van der Waals surface area (Å²) in [6.07, 6.45) is 1.48. The number of rotatable bonds is 8. The Bertz CT molecular complexity index is 722. The number of anilines is 1. The van der Waals surface area contributed by atoms with E-state index in [9.17, 15) is 9.59 Å². The van der Waals surface area contributed by atoms with E-state index in [0.717, 1.165) is 17.7 Å². The number of hydrogen-bond acceptors (Lipinski definition) is 3. The Kier molecular flexibility index (Phi) is 6.75. The van der Waals surface area contributed by atoms with Crippen LogP contribution in [0.5, 0.6) is 5.75 Å². The van der Waals surface area contributed by atoms with Crippen LogP contribution in [0.2, 0.25) is 0 Å². The van der Waals surface area contributed by atoms with Gasteiger partial charge in [-0.1, -0.05) is 39.0 Å². The molecule has 0 fully saturated rings. The van der Waals surface area contributed by atoms with Crippen molar-refractivity contribution in [2.24, 2.45) is 0 Å². The fourth-order valence-corrected chi connectivity index (χ4v) is 2.54. The number of ether oxygens (including phenoxy) is 1. The Labute approximate surface area is 149 Å². The molecule has 0 radical (unpaired) electrons. The van der Waals surface area contributed by atoms with Gasteiger partial charge in [0.25, 0.3) is 5.91 Å². The van der Waals surface area contributed by atoms with Gasteiger partial charge >= 0.3 is 0 Å². The van der Waals surface area contributed by atoms with Gasteiger partial charge in [0, 0.05) is 17.7 Å². The molecule has 1 atom stereocenters. The first kappa shape index (κ1) is 18.7. The van der Waals surface area contributed by atoms with E-state index in [0.29, 0.717) is 23.7 Å². The summed E-state index contributed by atoms with van der Waals surface area (Å²) in [5.74, 6) is 0.828. The van der Waals surface area contributed by atoms with Crippen molar-refractivity contribution in [3.63, 3.8) is 0 Å². The zero-order valence-electron chi connectivity index (χ0n) is 15.0. The summed E-state index contributed by atoms with van der Waals surface area (Å²) in [4.78, 5) is 23.8. The molecule has 0 unspecified atom stereocenters. The molecule has 2 aromatic rings. The third-order valence-corrected chi connectivity index (χ3v) is 4.25. The molecule has 0 saturated heterocycles. The molecule has 1 amide bonds. The molecule has 2 rings (SSSR count). The molecule has 4 nitrogen and oxygen atoms in total. The Balaban J connectivity index is 1.94. The van der Waals surface area contributed by atoms with Gasteiger partial charge in [-0.05, 0) is 48.2 Å². The minimum absolute atomic E-state index is 0.0735. The van der Waals surface area contributed by atoms with Crippen LogP contribution in [0, 0.1) is 0 Å². The zero-order valence-corrected chi connectivity index (χ0v) is 15.0. The maximum Gasteiger partial charge on any atom is 0.262 e. The van der Waals surface area contributed by atoms with E-state index < -0.39 is 0 Å². The van der Waals surface area contributed by atoms with E-state index in [-0.39, 0.29) is 18.3 Å². The van der Waals surface area contributed by atoms with Crippen molar-refractivity contribution >= 4 is 17.4 Å². The van der Waals surface area contributed by atoms with Crippen LogP contribution in [0.4, 0.5) is 5.69 Å². The van der Waals surface area contributed by atoms with Gasteiger partial charge in [0.05, 0.1) is 0 Å². The molecule has 0 aliphatic heterocycles. The molecule has 0 spiro atoms. The highest BCUT2D eigenvalue weighted by atomic mass is 16.5. The van der Waals surface area contributed by atoms with E-state index in [1.807, 2.05) is 31.2 Å². The number of para-hydroxylation sites is 1. The van der Waals surface area contributed by atoms with Crippen molar-refractivity contribution in [1.82, 2.24) is 0 Å². The van der Waals surface area contributed by atoms with Crippen LogP contribution in [-0.4, -0.2) is 18.3 Å². The number of carbonyl (C=O) groups excluding carboxylic acids is 2. The van der Waals surface area contributed by atoms with Gasteiger partial charge in [0.15, 0.2) is 12.4 Å². The molecule has 2 aromatic carbocycles. The van der Waals surface area contributed by atoms with Crippen molar-refractivity contribution < 1.29 is 14.3 Å². The number of benzene rings is 2. The minimum atomic E-state index is -0.204. The van der Waals surface area contributed by atoms with Crippen molar-refractivity contribution in [2.75, 3.05) is 11.9 Å². The van der Waals surface area contributed by atoms with Crippen LogP contribution in [0.3, 0.4) is 0 Å². The highest BCUT2D eigenvalue weighted by Crippen LogP contribution is 2.26. The quantitative estimate of drug-likeness (QED) is 0.702. The average Bonchev–Trinajstić information content (AvgIpc) is 2.66. The molecule has 0 aliphatic rings. The van der Waals surface area contributed by atoms with Crippen molar-refractivity contribution in [2.45, 2.75) is 39.5 Å².